The average Bonchev–Trinajstić information content (AvgIpc) is 2.10. The van der Waals surface area contributed by atoms with Crippen molar-refractivity contribution in [2.45, 2.75) is 6.92 Å². The fraction of sp³-hybridized carbons (Fsp3) is 0.111. The van der Waals surface area contributed by atoms with Crippen LogP contribution >= 0.6 is 0 Å². The zero-order chi connectivity index (χ0) is 8.69. The van der Waals surface area contributed by atoms with Gasteiger partial charge in [0, 0.05) is 0 Å². The molecule has 0 aliphatic rings. The number of nitriles is 1. The van der Waals surface area contributed by atoms with Gasteiger partial charge in [-0.15, -0.1) is 0 Å². The molecule has 1 aromatic rings. The maximum atomic E-state index is 8.38. The summed E-state index contributed by atoms with van der Waals surface area (Å²) in [6.45, 7) is 4.00. The monoisotopic (exact) mass is 147 g/mol. The fourth-order valence-corrected chi connectivity index (χ4v) is 0.628. The third kappa shape index (κ3) is 3.17. The molecular formula is C9H9NO. The van der Waals surface area contributed by atoms with E-state index in [0.717, 1.165) is 5.56 Å². The smallest absolute Gasteiger partial charge is 0.106 e. The van der Waals surface area contributed by atoms with E-state index >= 15 is 0 Å². The van der Waals surface area contributed by atoms with Crippen LogP contribution in [0.2, 0.25) is 0 Å². The van der Waals surface area contributed by atoms with E-state index in [0.29, 0.717) is 0 Å². The molecule has 0 bridgehead atoms. The molecule has 0 amide bonds. The van der Waals surface area contributed by atoms with Gasteiger partial charge in [0.15, 0.2) is 0 Å². The van der Waals surface area contributed by atoms with Gasteiger partial charge in [0.1, 0.15) is 6.79 Å². The summed E-state index contributed by atoms with van der Waals surface area (Å²) in [6.07, 6.45) is 0. The van der Waals surface area contributed by atoms with E-state index in [4.69, 9.17) is 10.1 Å². The molecule has 0 aliphatic carbocycles. The van der Waals surface area contributed by atoms with Crippen LogP contribution in [-0.4, -0.2) is 6.79 Å². The van der Waals surface area contributed by atoms with Gasteiger partial charge < -0.3 is 4.79 Å². The van der Waals surface area contributed by atoms with Gasteiger partial charge in [-0.3, -0.25) is 0 Å². The molecule has 2 nitrogen and oxygen atoms in total. The van der Waals surface area contributed by atoms with Gasteiger partial charge in [0.25, 0.3) is 0 Å². The normalized spacial score (nSPS) is 7.27. The van der Waals surface area contributed by atoms with Gasteiger partial charge in [0.05, 0.1) is 11.6 Å². The number of carbonyl (C=O) groups is 1. The summed E-state index contributed by atoms with van der Waals surface area (Å²) in [5.74, 6) is 0. The van der Waals surface area contributed by atoms with E-state index in [2.05, 4.69) is 6.07 Å². The van der Waals surface area contributed by atoms with Crippen molar-refractivity contribution in [2.24, 2.45) is 0 Å². The highest BCUT2D eigenvalue weighted by Gasteiger charge is 1.84. The van der Waals surface area contributed by atoms with Crippen LogP contribution in [0.5, 0.6) is 0 Å². The lowest BCUT2D eigenvalue weighted by molar-refractivity contribution is -0.0979. The highest BCUT2D eigenvalue weighted by Crippen LogP contribution is 1.99. The van der Waals surface area contributed by atoms with E-state index in [1.54, 1.807) is 0 Å². The van der Waals surface area contributed by atoms with Crippen molar-refractivity contribution in [3.63, 3.8) is 0 Å². The van der Waals surface area contributed by atoms with Crippen LogP contribution in [0.4, 0.5) is 0 Å². The molecule has 2 heteroatoms. The minimum atomic E-state index is 0.723. The van der Waals surface area contributed by atoms with Gasteiger partial charge in [0.2, 0.25) is 0 Å². The number of aryl methyl sites for hydroxylation is 1. The third-order valence-electron chi connectivity index (χ3n) is 1.18. The van der Waals surface area contributed by atoms with Gasteiger partial charge in [-0.1, -0.05) is 17.7 Å². The lowest BCUT2D eigenvalue weighted by Crippen LogP contribution is -1.72. The largest absolute Gasteiger partial charge is 0.307 e. The number of benzene rings is 1. The first-order chi connectivity index (χ1) is 5.33. The Balaban J connectivity index is 0.000000461. The Kier molecular flexibility index (Phi) is 4.42. The molecule has 0 fully saturated rings. The van der Waals surface area contributed by atoms with Crippen molar-refractivity contribution in [2.75, 3.05) is 0 Å². The van der Waals surface area contributed by atoms with Crippen LogP contribution in [0.25, 0.3) is 0 Å². The SMILES string of the molecule is C=O.Cc1ccc(C#N)cc1. The number of hydrogen-bond acceptors (Lipinski definition) is 2. The van der Waals surface area contributed by atoms with E-state index in [9.17, 15) is 0 Å². The zero-order valence-corrected chi connectivity index (χ0v) is 6.37. The maximum absolute atomic E-state index is 8.38. The molecule has 0 saturated heterocycles. The first-order valence-corrected chi connectivity index (χ1v) is 3.08. The Morgan fingerprint density at radius 3 is 2.09 bits per heavy atom. The standard InChI is InChI=1S/C8H7N.CH2O/c1-7-2-4-8(6-9)5-3-7;1-2/h2-5H,1H3;1H2. The van der Waals surface area contributed by atoms with E-state index < -0.39 is 0 Å². The van der Waals surface area contributed by atoms with Crippen molar-refractivity contribution in [3.05, 3.63) is 35.4 Å². The molecule has 0 radical (unpaired) electrons. The highest BCUT2D eigenvalue weighted by molar-refractivity contribution is 5.30. The van der Waals surface area contributed by atoms with Gasteiger partial charge in [-0.25, -0.2) is 0 Å². The molecule has 0 aromatic heterocycles. The zero-order valence-electron chi connectivity index (χ0n) is 6.37. The molecule has 1 rings (SSSR count). The summed E-state index contributed by atoms with van der Waals surface area (Å²) in [6, 6.07) is 9.54. The number of rotatable bonds is 0. The van der Waals surface area contributed by atoms with Crippen molar-refractivity contribution < 1.29 is 4.79 Å². The molecule has 0 N–H and O–H groups in total. The van der Waals surface area contributed by atoms with E-state index in [1.807, 2.05) is 38.0 Å². The van der Waals surface area contributed by atoms with Crippen LogP contribution in [0.3, 0.4) is 0 Å². The third-order valence-corrected chi connectivity index (χ3v) is 1.18. The molecular weight excluding hydrogens is 138 g/mol. The Hall–Kier alpha value is -1.62. The van der Waals surface area contributed by atoms with Crippen LogP contribution in [0.1, 0.15) is 11.1 Å². The number of hydrogen-bond donors (Lipinski definition) is 0. The molecule has 0 atom stereocenters. The lowest BCUT2D eigenvalue weighted by atomic mass is 10.2. The molecule has 1 aromatic carbocycles. The lowest BCUT2D eigenvalue weighted by Gasteiger charge is -1.88. The van der Waals surface area contributed by atoms with Crippen molar-refractivity contribution >= 4 is 6.79 Å². The molecule has 0 heterocycles. The first kappa shape index (κ1) is 9.38. The minimum Gasteiger partial charge on any atom is -0.307 e. The molecule has 11 heavy (non-hydrogen) atoms. The van der Waals surface area contributed by atoms with Crippen LogP contribution < -0.4 is 0 Å². The van der Waals surface area contributed by atoms with Crippen molar-refractivity contribution in [1.82, 2.24) is 0 Å². The number of carbonyl (C=O) groups excluding carboxylic acids is 1. The summed E-state index contributed by atoms with van der Waals surface area (Å²) in [7, 11) is 0. The molecule has 0 unspecified atom stereocenters. The Bertz CT molecular complexity index is 245. The minimum absolute atomic E-state index is 0.723. The van der Waals surface area contributed by atoms with Gasteiger partial charge in [-0.05, 0) is 19.1 Å². The second kappa shape index (κ2) is 5.19. The van der Waals surface area contributed by atoms with Crippen molar-refractivity contribution in [3.8, 4) is 6.07 Å². The Morgan fingerprint density at radius 2 is 1.73 bits per heavy atom. The Labute approximate surface area is 66.1 Å². The predicted octanol–water partition coefficient (Wildman–Crippen LogP) is 1.68. The molecule has 0 spiro atoms. The summed E-state index contributed by atoms with van der Waals surface area (Å²) in [4.78, 5) is 8.00. The van der Waals surface area contributed by atoms with Crippen molar-refractivity contribution in [1.29, 1.82) is 5.26 Å². The topological polar surface area (TPSA) is 40.9 Å². The van der Waals surface area contributed by atoms with Crippen LogP contribution in [0, 0.1) is 18.3 Å². The summed E-state index contributed by atoms with van der Waals surface area (Å²) in [5, 5.41) is 8.38. The first-order valence-electron chi connectivity index (χ1n) is 3.08. The molecule has 0 saturated carbocycles. The Morgan fingerprint density at radius 1 is 1.27 bits per heavy atom. The summed E-state index contributed by atoms with van der Waals surface area (Å²) >= 11 is 0. The van der Waals surface area contributed by atoms with E-state index in [1.165, 1.54) is 5.56 Å². The number of nitrogens with zero attached hydrogens (tertiary/aromatic N) is 1. The second-order valence-corrected chi connectivity index (χ2v) is 1.98. The van der Waals surface area contributed by atoms with Gasteiger partial charge in [-0.2, -0.15) is 5.26 Å². The quantitative estimate of drug-likeness (QED) is 0.560. The van der Waals surface area contributed by atoms with Gasteiger partial charge >= 0.3 is 0 Å². The van der Waals surface area contributed by atoms with Crippen LogP contribution in [0.15, 0.2) is 24.3 Å². The average molecular weight is 147 g/mol. The second-order valence-electron chi connectivity index (χ2n) is 1.98. The maximum Gasteiger partial charge on any atom is 0.106 e. The predicted molar refractivity (Wildman–Crippen MR) is 43.0 cm³/mol. The van der Waals surface area contributed by atoms with E-state index in [-0.39, 0.29) is 0 Å². The highest BCUT2D eigenvalue weighted by atomic mass is 16.1. The van der Waals surface area contributed by atoms with Crippen LogP contribution in [-0.2, 0) is 4.79 Å². The summed E-state index contributed by atoms with van der Waals surface area (Å²) < 4.78 is 0. The molecule has 56 valence electrons. The fourth-order valence-electron chi connectivity index (χ4n) is 0.628. The summed E-state index contributed by atoms with van der Waals surface area (Å²) in [5.41, 5.74) is 1.91. The molecule has 0 aliphatic heterocycles.